The van der Waals surface area contributed by atoms with Crippen LogP contribution in [0.3, 0.4) is 0 Å². The molecule has 2 rings (SSSR count). The summed E-state index contributed by atoms with van der Waals surface area (Å²) in [4.78, 5) is 0.0873. The average Bonchev–Trinajstić information content (AvgIpc) is 2.76. The lowest BCUT2D eigenvalue weighted by molar-refractivity contribution is 0.393. The van der Waals surface area contributed by atoms with Crippen LogP contribution in [0.1, 0.15) is 12.8 Å². The monoisotopic (exact) mass is 372 g/mol. The van der Waals surface area contributed by atoms with Gasteiger partial charge in [-0.1, -0.05) is 0 Å². The van der Waals surface area contributed by atoms with Crippen LogP contribution in [0.5, 0.6) is 0 Å². The summed E-state index contributed by atoms with van der Waals surface area (Å²) in [5, 5.41) is 0. The number of rotatable bonds is 3. The highest BCUT2D eigenvalue weighted by Gasteiger charge is 2.35. The molecule has 4 nitrogen and oxygen atoms in total. The van der Waals surface area contributed by atoms with Crippen molar-refractivity contribution in [2.45, 2.75) is 23.8 Å². The van der Waals surface area contributed by atoms with Crippen molar-refractivity contribution in [2.24, 2.45) is 5.73 Å². The summed E-state index contributed by atoms with van der Waals surface area (Å²) >= 11 is 3.09. The topological polar surface area (TPSA) is 63.4 Å². The van der Waals surface area contributed by atoms with Gasteiger partial charge in [0.1, 0.15) is 5.82 Å². The molecule has 1 unspecified atom stereocenters. The van der Waals surface area contributed by atoms with Crippen molar-refractivity contribution in [3.8, 4) is 0 Å². The fourth-order valence-corrected chi connectivity index (χ4v) is 4.89. The summed E-state index contributed by atoms with van der Waals surface area (Å²) in [6.07, 6.45) is 1.58. The maximum atomic E-state index is 13.0. The van der Waals surface area contributed by atoms with Gasteiger partial charge >= 0.3 is 0 Å². The Kier molecular flexibility index (Phi) is 5.76. The molecule has 1 aromatic carbocycles. The lowest BCUT2D eigenvalue weighted by Crippen LogP contribution is -2.39. The molecular weight excluding hydrogens is 359 g/mol. The van der Waals surface area contributed by atoms with Crippen LogP contribution in [0, 0.1) is 5.82 Å². The lowest BCUT2D eigenvalue weighted by Gasteiger charge is -2.23. The van der Waals surface area contributed by atoms with Gasteiger partial charge in [-0.15, -0.1) is 12.4 Å². The van der Waals surface area contributed by atoms with Crippen molar-refractivity contribution in [3.63, 3.8) is 0 Å². The third-order valence-electron chi connectivity index (χ3n) is 3.08. The van der Waals surface area contributed by atoms with E-state index in [0.717, 1.165) is 25.0 Å². The largest absolute Gasteiger partial charge is 0.329 e. The second-order valence-electron chi connectivity index (χ2n) is 4.22. The quantitative estimate of drug-likeness (QED) is 0.883. The van der Waals surface area contributed by atoms with Gasteiger partial charge in [-0.05, 0) is 47.0 Å². The normalized spacial score (nSPS) is 20.3. The molecule has 0 saturated carbocycles. The minimum atomic E-state index is -3.61. The van der Waals surface area contributed by atoms with Crippen molar-refractivity contribution in [2.75, 3.05) is 13.1 Å². The maximum absolute atomic E-state index is 13.0. The van der Waals surface area contributed by atoms with Crippen molar-refractivity contribution in [1.29, 1.82) is 0 Å². The third kappa shape index (κ3) is 3.28. The van der Waals surface area contributed by atoms with Gasteiger partial charge in [-0.3, -0.25) is 0 Å². The molecule has 108 valence electrons. The van der Waals surface area contributed by atoms with Crippen LogP contribution in [-0.2, 0) is 10.0 Å². The molecule has 0 aromatic heterocycles. The van der Waals surface area contributed by atoms with E-state index in [0.29, 0.717) is 13.1 Å². The first-order chi connectivity index (χ1) is 8.46. The second kappa shape index (κ2) is 6.49. The average molecular weight is 374 g/mol. The van der Waals surface area contributed by atoms with Crippen molar-refractivity contribution >= 4 is 38.4 Å². The zero-order valence-corrected chi connectivity index (χ0v) is 13.3. The molecule has 1 saturated heterocycles. The first-order valence-electron chi connectivity index (χ1n) is 5.64. The minimum Gasteiger partial charge on any atom is -0.329 e. The van der Waals surface area contributed by atoms with E-state index in [9.17, 15) is 12.8 Å². The predicted octanol–water partition coefficient (Wildman–Crippen LogP) is 2.12. The SMILES string of the molecule is Cl.NCC1CCCN1S(=O)(=O)c1ccc(F)cc1Br. The Morgan fingerprint density at radius 3 is 2.74 bits per heavy atom. The highest BCUT2D eigenvalue weighted by molar-refractivity contribution is 9.10. The van der Waals surface area contributed by atoms with E-state index in [1.807, 2.05) is 0 Å². The molecule has 1 aromatic rings. The van der Waals surface area contributed by atoms with Crippen LogP contribution >= 0.6 is 28.3 Å². The summed E-state index contributed by atoms with van der Waals surface area (Å²) in [5.41, 5.74) is 5.58. The maximum Gasteiger partial charge on any atom is 0.244 e. The van der Waals surface area contributed by atoms with Crippen LogP contribution in [0.4, 0.5) is 4.39 Å². The molecule has 1 heterocycles. The van der Waals surface area contributed by atoms with Gasteiger partial charge in [0.25, 0.3) is 0 Å². The minimum absolute atomic E-state index is 0. The standard InChI is InChI=1S/C11H14BrFN2O2S.ClH/c12-10-6-8(13)3-4-11(10)18(16,17)15-5-1-2-9(15)7-14;/h3-4,6,9H,1-2,5,7,14H2;1H. The molecular formula is C11H15BrClFN2O2S. The van der Waals surface area contributed by atoms with E-state index >= 15 is 0 Å². The highest BCUT2D eigenvalue weighted by Crippen LogP contribution is 2.30. The van der Waals surface area contributed by atoms with Crippen molar-refractivity contribution in [3.05, 3.63) is 28.5 Å². The molecule has 1 aliphatic heterocycles. The molecule has 0 amide bonds. The van der Waals surface area contributed by atoms with Gasteiger partial charge in [-0.25, -0.2) is 12.8 Å². The predicted molar refractivity (Wildman–Crippen MR) is 77.3 cm³/mol. The van der Waals surface area contributed by atoms with Gasteiger partial charge < -0.3 is 5.73 Å². The van der Waals surface area contributed by atoms with Gasteiger partial charge in [0.15, 0.2) is 0 Å². The van der Waals surface area contributed by atoms with E-state index in [1.54, 1.807) is 0 Å². The second-order valence-corrected chi connectivity index (χ2v) is 6.94. The number of hydrogen-bond donors (Lipinski definition) is 1. The number of hydrogen-bond acceptors (Lipinski definition) is 3. The first-order valence-corrected chi connectivity index (χ1v) is 7.87. The van der Waals surface area contributed by atoms with Gasteiger partial charge in [-0.2, -0.15) is 4.31 Å². The van der Waals surface area contributed by atoms with Gasteiger partial charge in [0, 0.05) is 23.6 Å². The van der Waals surface area contributed by atoms with E-state index in [-0.39, 0.29) is 27.8 Å². The van der Waals surface area contributed by atoms with E-state index in [2.05, 4.69) is 15.9 Å². The molecule has 1 fully saturated rings. The van der Waals surface area contributed by atoms with Crippen molar-refractivity contribution < 1.29 is 12.8 Å². The number of nitrogens with two attached hydrogens (primary N) is 1. The Hall–Kier alpha value is -0.210. The zero-order valence-electron chi connectivity index (χ0n) is 10.1. The highest BCUT2D eigenvalue weighted by atomic mass is 79.9. The van der Waals surface area contributed by atoms with E-state index in [1.165, 1.54) is 10.4 Å². The van der Waals surface area contributed by atoms with Crippen LogP contribution in [0.2, 0.25) is 0 Å². The van der Waals surface area contributed by atoms with Crippen LogP contribution in [-0.4, -0.2) is 31.9 Å². The van der Waals surface area contributed by atoms with Gasteiger partial charge in [0.2, 0.25) is 10.0 Å². The third-order valence-corrected chi connectivity index (χ3v) is 6.00. The number of nitrogens with zero attached hydrogens (tertiary/aromatic N) is 1. The summed E-state index contributed by atoms with van der Waals surface area (Å²) < 4.78 is 39.6. The van der Waals surface area contributed by atoms with Crippen LogP contribution < -0.4 is 5.73 Å². The molecule has 0 radical (unpaired) electrons. The molecule has 2 N–H and O–H groups in total. The number of benzene rings is 1. The molecule has 0 aliphatic carbocycles. The van der Waals surface area contributed by atoms with Crippen LogP contribution in [0.15, 0.2) is 27.6 Å². The summed E-state index contributed by atoms with van der Waals surface area (Å²) in [5.74, 6) is -0.474. The smallest absolute Gasteiger partial charge is 0.244 e. The number of sulfonamides is 1. The Balaban J connectivity index is 0.00000180. The fraction of sp³-hybridized carbons (Fsp3) is 0.455. The fourth-order valence-electron chi connectivity index (χ4n) is 2.17. The van der Waals surface area contributed by atoms with Crippen LogP contribution in [0.25, 0.3) is 0 Å². The van der Waals surface area contributed by atoms with E-state index < -0.39 is 15.8 Å². The Labute approximate surface area is 126 Å². The summed E-state index contributed by atoms with van der Waals surface area (Å²) in [6, 6.07) is 3.42. The molecule has 8 heteroatoms. The van der Waals surface area contributed by atoms with E-state index in [4.69, 9.17) is 5.73 Å². The molecule has 1 aliphatic rings. The Morgan fingerprint density at radius 2 is 2.16 bits per heavy atom. The number of halogens is 3. The van der Waals surface area contributed by atoms with Gasteiger partial charge in [0.05, 0.1) is 4.90 Å². The first kappa shape index (κ1) is 16.8. The van der Waals surface area contributed by atoms with Crippen molar-refractivity contribution in [1.82, 2.24) is 4.31 Å². The summed E-state index contributed by atoms with van der Waals surface area (Å²) in [7, 11) is -3.61. The molecule has 1 atom stereocenters. The lowest BCUT2D eigenvalue weighted by atomic mass is 10.2. The summed E-state index contributed by atoms with van der Waals surface area (Å²) in [6.45, 7) is 0.770. The zero-order chi connectivity index (χ0) is 13.3. The molecule has 19 heavy (non-hydrogen) atoms. The molecule has 0 bridgehead atoms. The Morgan fingerprint density at radius 1 is 1.47 bits per heavy atom. The Bertz CT molecular complexity index is 556. The molecule has 0 spiro atoms.